The molecule has 0 aliphatic rings. The molecule has 6 rings (SSSR count). The second-order valence-corrected chi connectivity index (χ2v) is 8.97. The number of aromatic nitrogens is 3. The molecule has 3 heterocycles. The number of pyridine rings is 1. The van der Waals surface area contributed by atoms with Crippen LogP contribution in [0.1, 0.15) is 5.56 Å². The van der Waals surface area contributed by atoms with Crippen LogP contribution in [0.3, 0.4) is 0 Å². The molecule has 3 aromatic carbocycles. The van der Waals surface area contributed by atoms with Crippen LogP contribution in [-0.2, 0) is 6.54 Å². The minimum Gasteiger partial charge on any atom is -0.505 e. The smallest absolute Gasteiger partial charge is 0.354 e. The van der Waals surface area contributed by atoms with Crippen LogP contribution in [0.5, 0.6) is 5.75 Å². The van der Waals surface area contributed by atoms with Crippen molar-refractivity contribution in [3.63, 3.8) is 0 Å². The van der Waals surface area contributed by atoms with Crippen molar-refractivity contribution in [2.75, 3.05) is 0 Å². The van der Waals surface area contributed by atoms with E-state index in [0.717, 1.165) is 17.3 Å². The van der Waals surface area contributed by atoms with E-state index in [1.807, 2.05) is 60.7 Å². The molecule has 0 fully saturated rings. The van der Waals surface area contributed by atoms with Gasteiger partial charge in [0, 0.05) is 10.9 Å². The molecule has 176 valence electrons. The summed E-state index contributed by atoms with van der Waals surface area (Å²) in [6, 6.07) is 25.8. The first-order valence-electron chi connectivity index (χ1n) is 11.0. The van der Waals surface area contributed by atoms with Gasteiger partial charge in [-0.05, 0) is 41.6 Å². The summed E-state index contributed by atoms with van der Waals surface area (Å²) in [5.74, 6) is -0.220. The van der Waals surface area contributed by atoms with Gasteiger partial charge in [-0.2, -0.15) is 0 Å². The van der Waals surface area contributed by atoms with Crippen molar-refractivity contribution >= 4 is 33.6 Å². The molecule has 3 aromatic heterocycles. The predicted octanol–water partition coefficient (Wildman–Crippen LogP) is 5.06. The largest absolute Gasteiger partial charge is 0.505 e. The van der Waals surface area contributed by atoms with Gasteiger partial charge in [0.2, 0.25) is 5.89 Å². The number of fused-ring (bicyclic) bond motifs is 3. The van der Waals surface area contributed by atoms with E-state index in [1.54, 1.807) is 28.8 Å². The number of hydrogen-bond acceptors (Lipinski definition) is 8. The van der Waals surface area contributed by atoms with Crippen LogP contribution in [0.4, 0.5) is 0 Å². The zero-order valence-electron chi connectivity index (χ0n) is 18.6. The summed E-state index contributed by atoms with van der Waals surface area (Å²) in [4.78, 5) is 26.4. The van der Waals surface area contributed by atoms with Gasteiger partial charge in [-0.3, -0.25) is 4.79 Å². The Hall–Kier alpha value is -4.63. The second-order valence-electron chi connectivity index (χ2n) is 8.01. The van der Waals surface area contributed by atoms with Gasteiger partial charge in [-0.1, -0.05) is 60.7 Å². The minimum atomic E-state index is -0.810. The van der Waals surface area contributed by atoms with Crippen LogP contribution in [-0.4, -0.2) is 19.9 Å². The van der Waals surface area contributed by atoms with E-state index in [1.165, 1.54) is 0 Å². The van der Waals surface area contributed by atoms with Gasteiger partial charge in [0.05, 0.1) is 12.1 Å². The van der Waals surface area contributed by atoms with Crippen molar-refractivity contribution < 1.29 is 13.9 Å². The van der Waals surface area contributed by atoms with E-state index < -0.39 is 16.9 Å². The molecule has 0 spiro atoms. The quantitative estimate of drug-likeness (QED) is 0.330. The third-order valence-corrected chi connectivity index (χ3v) is 6.66. The Kier molecular flexibility index (Phi) is 5.38. The Morgan fingerprint density at radius 2 is 1.53 bits per heavy atom. The van der Waals surface area contributed by atoms with Gasteiger partial charge >= 0.3 is 5.63 Å². The fourth-order valence-corrected chi connectivity index (χ4v) is 4.79. The summed E-state index contributed by atoms with van der Waals surface area (Å²) in [6.45, 7) is 0.279. The van der Waals surface area contributed by atoms with Crippen LogP contribution in [0, 0.1) is 0 Å². The number of hydrogen-bond donors (Lipinski definition) is 1. The summed E-state index contributed by atoms with van der Waals surface area (Å²) in [5, 5.41) is 19.6. The lowest BCUT2D eigenvalue weighted by molar-refractivity contribution is 0.441. The van der Waals surface area contributed by atoms with Crippen molar-refractivity contribution in [1.82, 2.24) is 14.8 Å². The summed E-state index contributed by atoms with van der Waals surface area (Å²) < 4.78 is 12.8. The second kappa shape index (κ2) is 8.86. The summed E-state index contributed by atoms with van der Waals surface area (Å²) in [6.07, 6.45) is 0. The maximum atomic E-state index is 13.7. The summed E-state index contributed by atoms with van der Waals surface area (Å²) >= 11 is 0.750. The molecule has 0 saturated heterocycles. The van der Waals surface area contributed by atoms with Crippen LogP contribution < -0.4 is 11.2 Å². The van der Waals surface area contributed by atoms with Gasteiger partial charge in [-0.25, -0.2) is 4.79 Å². The fraction of sp³-hybridized carbons (Fsp3) is 0.0370. The van der Waals surface area contributed by atoms with Crippen molar-refractivity contribution in [3.8, 4) is 17.2 Å². The highest BCUT2D eigenvalue weighted by Gasteiger charge is 2.24. The first-order chi connectivity index (χ1) is 17.6. The molecule has 0 aliphatic heterocycles. The molecule has 36 heavy (non-hydrogen) atoms. The molecule has 9 heteroatoms. The van der Waals surface area contributed by atoms with E-state index in [0.29, 0.717) is 16.5 Å². The van der Waals surface area contributed by atoms with Gasteiger partial charge in [0.25, 0.3) is 10.8 Å². The zero-order chi connectivity index (χ0) is 24.6. The summed E-state index contributed by atoms with van der Waals surface area (Å²) in [7, 11) is 0. The SMILES string of the molecule is O=c1oc2c(c(O)c1Sc1nnc(-c3ccccc3)o1)c(=O)n(Cc1ccccc1)c1ccccc21. The number of para-hydroxylation sites is 1. The number of nitrogens with zero attached hydrogens (tertiary/aromatic N) is 3. The van der Waals surface area contributed by atoms with Gasteiger partial charge in [0.1, 0.15) is 10.3 Å². The van der Waals surface area contributed by atoms with Gasteiger partial charge < -0.3 is 18.5 Å². The number of benzene rings is 3. The van der Waals surface area contributed by atoms with E-state index in [2.05, 4.69) is 10.2 Å². The van der Waals surface area contributed by atoms with Crippen molar-refractivity contribution in [3.05, 3.63) is 111 Å². The highest BCUT2D eigenvalue weighted by atomic mass is 32.2. The van der Waals surface area contributed by atoms with Crippen LogP contribution in [0.2, 0.25) is 0 Å². The first-order valence-corrected chi connectivity index (χ1v) is 11.8. The first kappa shape index (κ1) is 21.9. The Bertz CT molecular complexity index is 1840. The Balaban J connectivity index is 1.51. The maximum absolute atomic E-state index is 13.7. The molecule has 0 aliphatic carbocycles. The van der Waals surface area contributed by atoms with E-state index in [4.69, 9.17) is 8.83 Å². The average molecular weight is 496 g/mol. The van der Waals surface area contributed by atoms with Crippen LogP contribution in [0.15, 0.2) is 113 Å². The Morgan fingerprint density at radius 1 is 0.833 bits per heavy atom. The summed E-state index contributed by atoms with van der Waals surface area (Å²) in [5.41, 5.74) is 0.950. The molecule has 0 saturated carbocycles. The lowest BCUT2D eigenvalue weighted by Gasteiger charge is -2.13. The van der Waals surface area contributed by atoms with Crippen molar-refractivity contribution in [2.24, 2.45) is 0 Å². The van der Waals surface area contributed by atoms with Crippen LogP contribution in [0.25, 0.3) is 33.3 Å². The molecular weight excluding hydrogens is 478 g/mol. The molecule has 0 atom stereocenters. The Labute approximate surface area is 207 Å². The van der Waals surface area contributed by atoms with Crippen molar-refractivity contribution in [1.29, 1.82) is 0 Å². The number of aromatic hydroxyl groups is 1. The predicted molar refractivity (Wildman–Crippen MR) is 135 cm³/mol. The highest BCUT2D eigenvalue weighted by molar-refractivity contribution is 7.99. The topological polar surface area (TPSA) is 111 Å². The standard InChI is InChI=1S/C27H17N3O5S/c31-21-20-22(18-13-7-8-14-19(18)30(25(20)32)15-16-9-3-1-4-10-16)34-26(33)23(21)36-27-29-28-24(35-27)17-11-5-2-6-12-17/h1-14,31H,15H2. The lowest BCUT2D eigenvalue weighted by atomic mass is 10.1. The number of rotatable bonds is 5. The molecular formula is C27H17N3O5S. The third kappa shape index (κ3) is 3.75. The van der Waals surface area contributed by atoms with Crippen LogP contribution >= 0.6 is 11.8 Å². The molecule has 0 radical (unpaired) electrons. The lowest BCUT2D eigenvalue weighted by Crippen LogP contribution is -2.22. The van der Waals surface area contributed by atoms with E-state index >= 15 is 0 Å². The average Bonchev–Trinajstić information content (AvgIpc) is 3.38. The maximum Gasteiger partial charge on any atom is 0.354 e. The van der Waals surface area contributed by atoms with Crippen molar-refractivity contribution in [2.45, 2.75) is 16.7 Å². The molecule has 6 aromatic rings. The van der Waals surface area contributed by atoms with Gasteiger partial charge in [0.15, 0.2) is 11.3 Å². The zero-order valence-corrected chi connectivity index (χ0v) is 19.4. The molecule has 0 amide bonds. The van der Waals surface area contributed by atoms with Gasteiger partial charge in [-0.15, -0.1) is 10.2 Å². The molecule has 0 bridgehead atoms. The minimum absolute atomic E-state index is 0.0289. The third-order valence-electron chi connectivity index (χ3n) is 5.76. The molecule has 8 nitrogen and oxygen atoms in total. The van der Waals surface area contributed by atoms with E-state index in [9.17, 15) is 14.7 Å². The Morgan fingerprint density at radius 3 is 2.31 bits per heavy atom. The molecule has 1 N–H and O–H groups in total. The monoisotopic (exact) mass is 495 g/mol. The molecule has 0 unspecified atom stereocenters. The highest BCUT2D eigenvalue weighted by Crippen LogP contribution is 2.37. The normalized spacial score (nSPS) is 11.3. The fourth-order valence-electron chi connectivity index (χ4n) is 4.09. The van der Waals surface area contributed by atoms with E-state index in [-0.39, 0.29) is 33.5 Å².